The fourth-order valence-corrected chi connectivity index (χ4v) is 2.53. The summed E-state index contributed by atoms with van der Waals surface area (Å²) in [5, 5.41) is 3.07. The molecular weight excluding hydrogens is 278 g/mol. The smallest absolute Gasteiger partial charge is 0.251 e. The van der Waals surface area contributed by atoms with E-state index in [9.17, 15) is 4.79 Å². The molecule has 1 N–H and O–H groups in total. The van der Waals surface area contributed by atoms with Crippen molar-refractivity contribution in [3.63, 3.8) is 0 Å². The Labute approximate surface area is 130 Å². The standard InChI is InChI=1S/C18H19NO3/c1-2-15(13-6-4-3-5-7-13)19-18(20)14-8-9-16-17(12-14)22-11-10-21-16/h3-9,12,15H,2,10-11H2,1H3,(H,19,20)/t15-/m1/s1. The molecule has 22 heavy (non-hydrogen) atoms. The molecule has 0 saturated carbocycles. The van der Waals surface area contributed by atoms with Gasteiger partial charge in [-0.05, 0) is 30.2 Å². The van der Waals surface area contributed by atoms with Crippen molar-refractivity contribution < 1.29 is 14.3 Å². The molecule has 3 rings (SSSR count). The number of benzene rings is 2. The summed E-state index contributed by atoms with van der Waals surface area (Å²) < 4.78 is 11.0. The molecule has 114 valence electrons. The summed E-state index contributed by atoms with van der Waals surface area (Å²) in [5.74, 6) is 1.22. The van der Waals surface area contributed by atoms with Gasteiger partial charge in [0.25, 0.3) is 5.91 Å². The van der Waals surface area contributed by atoms with Gasteiger partial charge in [-0.3, -0.25) is 4.79 Å². The number of carbonyl (C=O) groups is 1. The Morgan fingerprint density at radius 1 is 1.09 bits per heavy atom. The maximum Gasteiger partial charge on any atom is 0.251 e. The van der Waals surface area contributed by atoms with Crippen LogP contribution in [0.3, 0.4) is 0 Å². The van der Waals surface area contributed by atoms with E-state index in [4.69, 9.17) is 9.47 Å². The van der Waals surface area contributed by atoms with Crippen molar-refractivity contribution in [1.29, 1.82) is 0 Å². The van der Waals surface area contributed by atoms with Crippen LogP contribution in [-0.2, 0) is 0 Å². The molecule has 0 aliphatic carbocycles. The van der Waals surface area contributed by atoms with E-state index in [-0.39, 0.29) is 11.9 Å². The Balaban J connectivity index is 1.76. The third kappa shape index (κ3) is 3.06. The Bertz CT molecular complexity index is 655. The van der Waals surface area contributed by atoms with Gasteiger partial charge in [-0.25, -0.2) is 0 Å². The second-order valence-corrected chi connectivity index (χ2v) is 5.20. The zero-order chi connectivity index (χ0) is 15.4. The van der Waals surface area contributed by atoms with Crippen LogP contribution in [0.2, 0.25) is 0 Å². The van der Waals surface area contributed by atoms with Gasteiger partial charge in [0, 0.05) is 5.56 Å². The van der Waals surface area contributed by atoms with Crippen LogP contribution in [0.5, 0.6) is 11.5 Å². The van der Waals surface area contributed by atoms with Gasteiger partial charge in [0.05, 0.1) is 6.04 Å². The number of ether oxygens (including phenoxy) is 2. The molecule has 0 aromatic heterocycles. The van der Waals surface area contributed by atoms with Crippen LogP contribution in [-0.4, -0.2) is 19.1 Å². The summed E-state index contributed by atoms with van der Waals surface area (Å²) in [6.07, 6.45) is 0.834. The first-order valence-electron chi connectivity index (χ1n) is 7.53. The predicted molar refractivity (Wildman–Crippen MR) is 84.4 cm³/mol. The molecule has 0 unspecified atom stereocenters. The highest BCUT2D eigenvalue weighted by molar-refractivity contribution is 5.95. The molecule has 1 aliphatic rings. The average Bonchev–Trinajstić information content (AvgIpc) is 2.59. The quantitative estimate of drug-likeness (QED) is 0.941. The fraction of sp³-hybridized carbons (Fsp3) is 0.278. The van der Waals surface area contributed by atoms with Crippen LogP contribution in [0.25, 0.3) is 0 Å². The number of fused-ring (bicyclic) bond motifs is 1. The minimum Gasteiger partial charge on any atom is -0.486 e. The van der Waals surface area contributed by atoms with Crippen LogP contribution in [0.1, 0.15) is 35.3 Å². The van der Waals surface area contributed by atoms with Crippen molar-refractivity contribution in [2.24, 2.45) is 0 Å². The van der Waals surface area contributed by atoms with Crippen molar-refractivity contribution in [3.8, 4) is 11.5 Å². The lowest BCUT2D eigenvalue weighted by atomic mass is 10.0. The maximum atomic E-state index is 12.5. The highest BCUT2D eigenvalue weighted by Gasteiger charge is 2.17. The molecule has 1 aliphatic heterocycles. The molecule has 2 aromatic carbocycles. The number of amides is 1. The van der Waals surface area contributed by atoms with E-state index in [0.29, 0.717) is 30.3 Å². The number of carbonyl (C=O) groups excluding carboxylic acids is 1. The van der Waals surface area contributed by atoms with Gasteiger partial charge in [0.2, 0.25) is 0 Å². The highest BCUT2D eigenvalue weighted by atomic mass is 16.6. The SMILES string of the molecule is CC[C@@H](NC(=O)c1ccc2c(c1)OCCO2)c1ccccc1. The summed E-state index contributed by atoms with van der Waals surface area (Å²) >= 11 is 0. The number of rotatable bonds is 4. The van der Waals surface area contributed by atoms with Crippen molar-refractivity contribution >= 4 is 5.91 Å². The summed E-state index contributed by atoms with van der Waals surface area (Å²) in [4.78, 5) is 12.5. The summed E-state index contributed by atoms with van der Waals surface area (Å²) in [7, 11) is 0. The molecule has 0 spiro atoms. The summed E-state index contributed by atoms with van der Waals surface area (Å²) in [6, 6.07) is 15.3. The second-order valence-electron chi connectivity index (χ2n) is 5.20. The van der Waals surface area contributed by atoms with Crippen molar-refractivity contribution in [2.75, 3.05) is 13.2 Å². The minimum atomic E-state index is -0.104. The molecule has 0 saturated heterocycles. The van der Waals surface area contributed by atoms with Gasteiger partial charge < -0.3 is 14.8 Å². The molecule has 0 radical (unpaired) electrons. The molecule has 1 amide bonds. The van der Waals surface area contributed by atoms with Gasteiger partial charge in [0.15, 0.2) is 11.5 Å². The maximum absolute atomic E-state index is 12.5. The predicted octanol–water partition coefficient (Wildman–Crippen LogP) is 3.34. The lowest BCUT2D eigenvalue weighted by Crippen LogP contribution is -2.28. The summed E-state index contributed by atoms with van der Waals surface area (Å²) in [5.41, 5.74) is 1.69. The molecule has 4 nitrogen and oxygen atoms in total. The van der Waals surface area contributed by atoms with Crippen LogP contribution < -0.4 is 14.8 Å². The van der Waals surface area contributed by atoms with E-state index in [2.05, 4.69) is 12.2 Å². The zero-order valence-electron chi connectivity index (χ0n) is 12.5. The third-order valence-electron chi connectivity index (χ3n) is 3.72. The molecule has 1 heterocycles. The molecule has 0 fully saturated rings. The van der Waals surface area contributed by atoms with Crippen molar-refractivity contribution in [2.45, 2.75) is 19.4 Å². The number of nitrogens with one attached hydrogen (secondary N) is 1. The van der Waals surface area contributed by atoms with E-state index < -0.39 is 0 Å². The Hall–Kier alpha value is -2.49. The number of hydrogen-bond acceptors (Lipinski definition) is 3. The Morgan fingerprint density at radius 3 is 2.55 bits per heavy atom. The van der Waals surface area contributed by atoms with Crippen LogP contribution in [0.15, 0.2) is 48.5 Å². The number of hydrogen-bond donors (Lipinski definition) is 1. The van der Waals surface area contributed by atoms with Gasteiger partial charge in [0.1, 0.15) is 13.2 Å². The normalized spacial score (nSPS) is 14.2. The fourth-order valence-electron chi connectivity index (χ4n) is 2.53. The molecular formula is C18H19NO3. The third-order valence-corrected chi connectivity index (χ3v) is 3.72. The minimum absolute atomic E-state index is 0.00176. The van der Waals surface area contributed by atoms with Crippen LogP contribution >= 0.6 is 0 Å². The van der Waals surface area contributed by atoms with Crippen LogP contribution in [0.4, 0.5) is 0 Å². The van der Waals surface area contributed by atoms with Gasteiger partial charge in [-0.1, -0.05) is 37.3 Å². The first-order chi connectivity index (χ1) is 10.8. The largest absolute Gasteiger partial charge is 0.486 e. The van der Waals surface area contributed by atoms with Gasteiger partial charge in [-0.2, -0.15) is 0 Å². The molecule has 4 heteroatoms. The van der Waals surface area contributed by atoms with E-state index in [1.807, 2.05) is 30.3 Å². The van der Waals surface area contributed by atoms with Crippen molar-refractivity contribution in [3.05, 3.63) is 59.7 Å². The first-order valence-corrected chi connectivity index (χ1v) is 7.53. The van der Waals surface area contributed by atoms with E-state index in [1.54, 1.807) is 18.2 Å². The van der Waals surface area contributed by atoms with E-state index in [1.165, 1.54) is 0 Å². The lowest BCUT2D eigenvalue weighted by molar-refractivity contribution is 0.0934. The monoisotopic (exact) mass is 297 g/mol. The Morgan fingerprint density at radius 2 is 1.82 bits per heavy atom. The first kappa shape index (κ1) is 14.4. The van der Waals surface area contributed by atoms with Gasteiger partial charge >= 0.3 is 0 Å². The van der Waals surface area contributed by atoms with E-state index >= 15 is 0 Å². The second kappa shape index (κ2) is 6.52. The van der Waals surface area contributed by atoms with Gasteiger partial charge in [-0.15, -0.1) is 0 Å². The lowest BCUT2D eigenvalue weighted by Gasteiger charge is -2.20. The van der Waals surface area contributed by atoms with E-state index in [0.717, 1.165) is 12.0 Å². The zero-order valence-corrected chi connectivity index (χ0v) is 12.5. The van der Waals surface area contributed by atoms with Crippen LogP contribution in [0, 0.1) is 0 Å². The molecule has 0 bridgehead atoms. The Kier molecular flexibility index (Phi) is 4.28. The molecule has 2 aromatic rings. The molecule has 1 atom stereocenters. The highest BCUT2D eigenvalue weighted by Crippen LogP contribution is 2.31. The summed E-state index contributed by atoms with van der Waals surface area (Å²) in [6.45, 7) is 3.12. The average molecular weight is 297 g/mol. The van der Waals surface area contributed by atoms with Crippen molar-refractivity contribution in [1.82, 2.24) is 5.32 Å². The topological polar surface area (TPSA) is 47.6 Å².